The van der Waals surface area contributed by atoms with Crippen LogP contribution in [0.2, 0.25) is 0 Å². The van der Waals surface area contributed by atoms with Crippen LogP contribution in [-0.4, -0.2) is 42.2 Å². The summed E-state index contributed by atoms with van der Waals surface area (Å²) in [4.78, 5) is 17.6. The number of halogens is 1. The van der Waals surface area contributed by atoms with Gasteiger partial charge in [-0.2, -0.15) is 4.68 Å². The van der Waals surface area contributed by atoms with Crippen LogP contribution in [0.1, 0.15) is 36.1 Å². The van der Waals surface area contributed by atoms with Crippen molar-refractivity contribution in [3.8, 4) is 5.69 Å². The minimum atomic E-state index is -0.191. The van der Waals surface area contributed by atoms with Gasteiger partial charge in [0.05, 0.1) is 22.3 Å². The van der Waals surface area contributed by atoms with Crippen LogP contribution in [0.5, 0.6) is 0 Å². The summed E-state index contributed by atoms with van der Waals surface area (Å²) >= 11 is 3.42. The summed E-state index contributed by atoms with van der Waals surface area (Å²) in [6.07, 6.45) is 2.10. The second-order valence-electron chi connectivity index (χ2n) is 6.90. The SMILES string of the molecule is CC(C)n1c(CCNC(=O)c2cc(Br)ccc2-n2cnnn2)nc2ccccc21. The third-order valence-electron chi connectivity index (χ3n) is 4.62. The normalized spacial score (nSPS) is 11.3. The summed E-state index contributed by atoms with van der Waals surface area (Å²) < 4.78 is 4.49. The fourth-order valence-electron chi connectivity index (χ4n) is 3.39. The topological polar surface area (TPSA) is 90.5 Å². The molecule has 0 saturated heterocycles. The second kappa shape index (κ2) is 8.12. The zero-order valence-corrected chi connectivity index (χ0v) is 17.7. The van der Waals surface area contributed by atoms with Crippen LogP contribution in [-0.2, 0) is 6.42 Å². The molecule has 148 valence electrons. The molecule has 0 saturated carbocycles. The molecule has 29 heavy (non-hydrogen) atoms. The van der Waals surface area contributed by atoms with Crippen molar-refractivity contribution >= 4 is 32.9 Å². The van der Waals surface area contributed by atoms with E-state index in [1.807, 2.05) is 24.3 Å². The molecule has 2 aromatic carbocycles. The van der Waals surface area contributed by atoms with Crippen LogP contribution in [0.4, 0.5) is 0 Å². The van der Waals surface area contributed by atoms with E-state index in [9.17, 15) is 4.79 Å². The van der Waals surface area contributed by atoms with Gasteiger partial charge in [-0.05, 0) is 54.6 Å². The fraction of sp³-hybridized carbons (Fsp3) is 0.250. The Bertz CT molecular complexity index is 1150. The van der Waals surface area contributed by atoms with Gasteiger partial charge in [-0.25, -0.2) is 4.98 Å². The highest BCUT2D eigenvalue weighted by molar-refractivity contribution is 9.10. The number of tetrazole rings is 1. The standard InChI is InChI=1S/C20H20BrN7O/c1-13(2)28-18-6-4-3-5-16(18)24-19(28)9-10-22-20(29)15-11-14(21)7-8-17(15)27-12-23-25-26-27/h3-8,11-13H,9-10H2,1-2H3,(H,22,29). The van der Waals surface area contributed by atoms with E-state index in [2.05, 4.69) is 61.3 Å². The molecule has 0 bridgehead atoms. The molecule has 0 fully saturated rings. The molecule has 0 aliphatic rings. The van der Waals surface area contributed by atoms with Gasteiger partial charge in [0.25, 0.3) is 5.91 Å². The molecule has 1 amide bonds. The molecule has 4 aromatic rings. The van der Waals surface area contributed by atoms with Gasteiger partial charge >= 0.3 is 0 Å². The first-order chi connectivity index (χ1) is 14.0. The number of rotatable bonds is 6. The summed E-state index contributed by atoms with van der Waals surface area (Å²) in [7, 11) is 0. The van der Waals surface area contributed by atoms with Gasteiger partial charge in [-0.3, -0.25) is 4.79 Å². The van der Waals surface area contributed by atoms with Gasteiger partial charge in [0, 0.05) is 23.5 Å². The average molecular weight is 454 g/mol. The van der Waals surface area contributed by atoms with Crippen molar-refractivity contribution in [1.29, 1.82) is 0 Å². The van der Waals surface area contributed by atoms with Gasteiger partial charge in [-0.15, -0.1) is 5.10 Å². The fourth-order valence-corrected chi connectivity index (χ4v) is 3.75. The van der Waals surface area contributed by atoms with Crippen molar-refractivity contribution in [2.75, 3.05) is 6.54 Å². The maximum atomic E-state index is 12.9. The first-order valence-electron chi connectivity index (χ1n) is 9.31. The molecule has 8 nitrogen and oxygen atoms in total. The lowest BCUT2D eigenvalue weighted by Crippen LogP contribution is -2.27. The zero-order chi connectivity index (χ0) is 20.4. The summed E-state index contributed by atoms with van der Waals surface area (Å²) in [5, 5.41) is 14.2. The molecule has 1 N–H and O–H groups in total. The van der Waals surface area contributed by atoms with Crippen LogP contribution in [0.3, 0.4) is 0 Å². The van der Waals surface area contributed by atoms with Gasteiger partial charge in [0.1, 0.15) is 12.2 Å². The van der Waals surface area contributed by atoms with Gasteiger partial charge in [0.2, 0.25) is 0 Å². The average Bonchev–Trinajstić information content (AvgIpc) is 3.35. The Hall–Kier alpha value is -3.07. The van der Waals surface area contributed by atoms with Crippen LogP contribution in [0.25, 0.3) is 16.7 Å². The number of imidazole rings is 1. The number of fused-ring (bicyclic) bond motifs is 1. The molecular formula is C20H20BrN7O. The lowest BCUT2D eigenvalue weighted by atomic mass is 10.1. The molecule has 2 heterocycles. The lowest BCUT2D eigenvalue weighted by Gasteiger charge is -2.14. The molecule has 0 atom stereocenters. The largest absolute Gasteiger partial charge is 0.352 e. The predicted octanol–water partition coefficient (Wildman–Crippen LogP) is 3.33. The number of amides is 1. The molecular weight excluding hydrogens is 434 g/mol. The number of hydrogen-bond acceptors (Lipinski definition) is 5. The summed E-state index contributed by atoms with van der Waals surface area (Å²) in [6.45, 7) is 4.74. The number of nitrogens with one attached hydrogen (secondary N) is 1. The van der Waals surface area contributed by atoms with E-state index in [-0.39, 0.29) is 11.9 Å². The molecule has 0 aliphatic carbocycles. The number of benzene rings is 2. The number of aromatic nitrogens is 6. The van der Waals surface area contributed by atoms with Crippen LogP contribution >= 0.6 is 15.9 Å². The Morgan fingerprint density at radius 1 is 1.21 bits per heavy atom. The highest BCUT2D eigenvalue weighted by atomic mass is 79.9. The van der Waals surface area contributed by atoms with Crippen molar-refractivity contribution in [2.45, 2.75) is 26.3 Å². The van der Waals surface area contributed by atoms with Crippen LogP contribution in [0, 0.1) is 0 Å². The number of carbonyl (C=O) groups is 1. The van der Waals surface area contributed by atoms with E-state index in [1.54, 1.807) is 12.1 Å². The first kappa shape index (κ1) is 19.3. The van der Waals surface area contributed by atoms with E-state index in [0.717, 1.165) is 21.3 Å². The highest BCUT2D eigenvalue weighted by Gasteiger charge is 2.16. The van der Waals surface area contributed by atoms with Crippen LogP contribution < -0.4 is 5.32 Å². The minimum Gasteiger partial charge on any atom is -0.352 e. The molecule has 0 unspecified atom stereocenters. The van der Waals surface area contributed by atoms with Crippen molar-refractivity contribution in [3.05, 3.63) is 64.7 Å². The van der Waals surface area contributed by atoms with E-state index in [0.29, 0.717) is 24.2 Å². The van der Waals surface area contributed by atoms with Gasteiger partial charge in [0.15, 0.2) is 0 Å². The summed E-state index contributed by atoms with van der Waals surface area (Å²) in [5.41, 5.74) is 3.18. The summed E-state index contributed by atoms with van der Waals surface area (Å²) in [5.74, 6) is 0.764. The second-order valence-corrected chi connectivity index (χ2v) is 7.82. The lowest BCUT2D eigenvalue weighted by molar-refractivity contribution is 0.0953. The van der Waals surface area contributed by atoms with Crippen molar-refractivity contribution in [2.24, 2.45) is 0 Å². The Labute approximate surface area is 176 Å². The molecule has 2 aromatic heterocycles. The number of carbonyl (C=O) groups excluding carboxylic acids is 1. The predicted molar refractivity (Wildman–Crippen MR) is 113 cm³/mol. The van der Waals surface area contributed by atoms with Crippen molar-refractivity contribution in [3.63, 3.8) is 0 Å². The third-order valence-corrected chi connectivity index (χ3v) is 5.11. The monoisotopic (exact) mass is 453 g/mol. The highest BCUT2D eigenvalue weighted by Crippen LogP contribution is 2.22. The number of para-hydroxylation sites is 2. The van der Waals surface area contributed by atoms with Crippen molar-refractivity contribution in [1.82, 2.24) is 35.1 Å². The quantitative estimate of drug-likeness (QED) is 0.483. The van der Waals surface area contributed by atoms with Gasteiger partial charge in [-0.1, -0.05) is 28.1 Å². The Morgan fingerprint density at radius 2 is 2.03 bits per heavy atom. The van der Waals surface area contributed by atoms with Crippen LogP contribution in [0.15, 0.2) is 53.3 Å². The first-order valence-corrected chi connectivity index (χ1v) is 10.1. The Morgan fingerprint density at radius 3 is 2.79 bits per heavy atom. The Kier molecular flexibility index (Phi) is 5.39. The smallest absolute Gasteiger partial charge is 0.253 e. The number of nitrogens with zero attached hydrogens (tertiary/aromatic N) is 6. The summed E-state index contributed by atoms with van der Waals surface area (Å²) in [6, 6.07) is 13.8. The maximum Gasteiger partial charge on any atom is 0.253 e. The van der Waals surface area contributed by atoms with Gasteiger partial charge < -0.3 is 9.88 Å². The minimum absolute atomic E-state index is 0.191. The van der Waals surface area contributed by atoms with Crippen molar-refractivity contribution < 1.29 is 4.79 Å². The van der Waals surface area contributed by atoms with E-state index < -0.39 is 0 Å². The number of hydrogen-bond donors (Lipinski definition) is 1. The van der Waals surface area contributed by atoms with E-state index in [1.165, 1.54) is 11.0 Å². The molecule has 4 rings (SSSR count). The molecule has 0 radical (unpaired) electrons. The van der Waals surface area contributed by atoms with E-state index >= 15 is 0 Å². The molecule has 0 aliphatic heterocycles. The van der Waals surface area contributed by atoms with E-state index in [4.69, 9.17) is 4.98 Å². The molecule has 0 spiro atoms. The molecule has 9 heteroatoms. The maximum absolute atomic E-state index is 12.9. The zero-order valence-electron chi connectivity index (χ0n) is 16.1. The third kappa shape index (κ3) is 3.91. The Balaban J connectivity index is 1.53.